The van der Waals surface area contributed by atoms with Gasteiger partial charge in [-0.2, -0.15) is 0 Å². The standard InChI is InChI=1S/C74H122O6/c1-4-7-10-13-16-19-22-25-28-31-34-35-36-37-38-39-41-43-46-49-52-55-58-61-64-67-73(76)79-70-71(69-78-72(75)66-63-60-57-54-51-48-45-42-33-30-27-24-21-18-15-12-9-6-3)80-74(77)68-65-62-59-56-53-50-47-44-40-32-29-26-23-20-17-14-11-8-5-2/h7-8,10-11,16-17,19-20,25-26,28-30,33-35,37-38,40-41,43-44,71H,4-6,9,12-15,18,21-24,27,31-32,36,39,42,45-70H2,1-3H3/b10-7-,11-8-,19-16-,20-17-,28-25-,29-26-,33-30-,35-34-,38-37-,43-41-,44-40-. The third kappa shape index (κ3) is 64.4. The molecule has 80 heavy (non-hydrogen) atoms. The van der Waals surface area contributed by atoms with Crippen molar-refractivity contribution in [3.05, 3.63) is 134 Å². The lowest BCUT2D eigenvalue weighted by molar-refractivity contribution is -0.167. The summed E-state index contributed by atoms with van der Waals surface area (Å²) in [6, 6.07) is 0. The molecule has 0 saturated heterocycles. The Balaban J connectivity index is 4.45. The summed E-state index contributed by atoms with van der Waals surface area (Å²) in [5.41, 5.74) is 0. The molecule has 0 aliphatic heterocycles. The van der Waals surface area contributed by atoms with Crippen LogP contribution >= 0.6 is 0 Å². The first-order valence-electron chi connectivity index (χ1n) is 33.2. The van der Waals surface area contributed by atoms with Crippen molar-refractivity contribution < 1.29 is 28.6 Å². The molecule has 1 atom stereocenters. The highest BCUT2D eigenvalue weighted by atomic mass is 16.6. The molecule has 0 radical (unpaired) electrons. The second-order valence-corrected chi connectivity index (χ2v) is 21.6. The Morgan fingerprint density at radius 3 is 0.775 bits per heavy atom. The van der Waals surface area contributed by atoms with E-state index in [1.807, 2.05) is 0 Å². The predicted octanol–water partition coefficient (Wildman–Crippen LogP) is 22.9. The molecular weight excluding hydrogens is 985 g/mol. The van der Waals surface area contributed by atoms with Gasteiger partial charge in [0, 0.05) is 19.3 Å². The molecule has 0 saturated carbocycles. The van der Waals surface area contributed by atoms with Crippen LogP contribution in [0.2, 0.25) is 0 Å². The van der Waals surface area contributed by atoms with Crippen LogP contribution in [0, 0.1) is 0 Å². The van der Waals surface area contributed by atoms with Gasteiger partial charge in [0.2, 0.25) is 0 Å². The number of carbonyl (C=O) groups is 3. The van der Waals surface area contributed by atoms with E-state index in [0.717, 1.165) is 148 Å². The smallest absolute Gasteiger partial charge is 0.306 e. The first-order valence-corrected chi connectivity index (χ1v) is 33.2. The Labute approximate surface area is 494 Å². The molecule has 0 spiro atoms. The zero-order valence-corrected chi connectivity index (χ0v) is 52.0. The van der Waals surface area contributed by atoms with Gasteiger partial charge >= 0.3 is 17.9 Å². The quantitative estimate of drug-likeness (QED) is 0.0261. The predicted molar refractivity (Wildman–Crippen MR) is 348 cm³/mol. The van der Waals surface area contributed by atoms with Crippen molar-refractivity contribution in [2.45, 2.75) is 303 Å². The van der Waals surface area contributed by atoms with Gasteiger partial charge in [-0.3, -0.25) is 14.4 Å². The number of allylic oxidation sites excluding steroid dienone is 22. The van der Waals surface area contributed by atoms with Crippen LogP contribution in [0.25, 0.3) is 0 Å². The largest absolute Gasteiger partial charge is 0.462 e. The van der Waals surface area contributed by atoms with Crippen molar-refractivity contribution in [1.82, 2.24) is 0 Å². The number of esters is 3. The summed E-state index contributed by atoms with van der Waals surface area (Å²) >= 11 is 0. The summed E-state index contributed by atoms with van der Waals surface area (Å²) in [6.45, 7) is 6.40. The molecule has 6 heteroatoms. The van der Waals surface area contributed by atoms with Crippen molar-refractivity contribution in [3.63, 3.8) is 0 Å². The first kappa shape index (κ1) is 75.5. The zero-order chi connectivity index (χ0) is 57.8. The van der Waals surface area contributed by atoms with Crippen LogP contribution in [0.5, 0.6) is 0 Å². The van der Waals surface area contributed by atoms with Gasteiger partial charge in [0.1, 0.15) is 13.2 Å². The monoisotopic (exact) mass is 1110 g/mol. The Morgan fingerprint density at radius 2 is 0.487 bits per heavy atom. The molecule has 0 N–H and O–H groups in total. The summed E-state index contributed by atoms with van der Waals surface area (Å²) in [5, 5.41) is 0. The average Bonchev–Trinajstić information content (AvgIpc) is 3.46. The van der Waals surface area contributed by atoms with Gasteiger partial charge in [0.05, 0.1) is 0 Å². The average molecular weight is 1110 g/mol. The van der Waals surface area contributed by atoms with Crippen molar-refractivity contribution in [2.75, 3.05) is 13.2 Å². The van der Waals surface area contributed by atoms with Gasteiger partial charge in [0.25, 0.3) is 0 Å². The number of carbonyl (C=O) groups excluding carboxylic acids is 3. The Bertz CT molecular complexity index is 1700. The summed E-state index contributed by atoms with van der Waals surface area (Å²) in [5.74, 6) is -0.922. The molecule has 454 valence electrons. The fourth-order valence-electron chi connectivity index (χ4n) is 8.96. The Hall–Kier alpha value is -4.45. The third-order valence-corrected chi connectivity index (χ3v) is 13.9. The summed E-state index contributed by atoms with van der Waals surface area (Å²) in [7, 11) is 0. The van der Waals surface area contributed by atoms with Gasteiger partial charge in [-0.25, -0.2) is 0 Å². The molecule has 0 heterocycles. The molecule has 0 aliphatic carbocycles. The van der Waals surface area contributed by atoms with E-state index in [1.54, 1.807) is 0 Å². The van der Waals surface area contributed by atoms with Crippen LogP contribution in [0.15, 0.2) is 134 Å². The van der Waals surface area contributed by atoms with Crippen molar-refractivity contribution in [1.29, 1.82) is 0 Å². The van der Waals surface area contributed by atoms with Crippen LogP contribution in [-0.4, -0.2) is 37.2 Å². The van der Waals surface area contributed by atoms with Crippen molar-refractivity contribution in [3.8, 4) is 0 Å². The molecule has 0 amide bonds. The number of ether oxygens (including phenoxy) is 3. The minimum Gasteiger partial charge on any atom is -0.462 e. The Kier molecular flexibility index (Phi) is 63.3. The highest BCUT2D eigenvalue weighted by molar-refractivity contribution is 5.71. The fraction of sp³-hybridized carbons (Fsp3) is 0.662. The fourth-order valence-corrected chi connectivity index (χ4v) is 8.96. The minimum atomic E-state index is -0.801. The minimum absolute atomic E-state index is 0.0941. The van der Waals surface area contributed by atoms with Crippen LogP contribution in [0.3, 0.4) is 0 Å². The summed E-state index contributed by atoms with van der Waals surface area (Å²) < 4.78 is 16.9. The summed E-state index contributed by atoms with van der Waals surface area (Å²) in [6.07, 6.45) is 94.5. The van der Waals surface area contributed by atoms with E-state index in [2.05, 4.69) is 154 Å². The van der Waals surface area contributed by atoms with Crippen LogP contribution in [0.1, 0.15) is 297 Å². The van der Waals surface area contributed by atoms with Crippen molar-refractivity contribution >= 4 is 17.9 Å². The maximum Gasteiger partial charge on any atom is 0.306 e. The molecule has 0 aliphatic rings. The second-order valence-electron chi connectivity index (χ2n) is 21.6. The number of hydrogen-bond acceptors (Lipinski definition) is 6. The summed E-state index contributed by atoms with van der Waals surface area (Å²) in [4.78, 5) is 38.4. The molecule has 0 rings (SSSR count). The van der Waals surface area contributed by atoms with Gasteiger partial charge in [-0.05, 0) is 135 Å². The van der Waals surface area contributed by atoms with E-state index in [1.165, 1.54) is 109 Å². The molecule has 0 bridgehead atoms. The molecule has 6 nitrogen and oxygen atoms in total. The zero-order valence-electron chi connectivity index (χ0n) is 52.0. The van der Waals surface area contributed by atoms with E-state index in [0.29, 0.717) is 19.3 Å². The maximum atomic E-state index is 12.9. The first-order chi connectivity index (χ1) is 39.5. The highest BCUT2D eigenvalue weighted by Gasteiger charge is 2.19. The lowest BCUT2D eigenvalue weighted by Crippen LogP contribution is -2.30. The van der Waals surface area contributed by atoms with Gasteiger partial charge in [0.15, 0.2) is 6.10 Å². The van der Waals surface area contributed by atoms with Gasteiger partial charge in [-0.1, -0.05) is 276 Å². The topological polar surface area (TPSA) is 78.9 Å². The highest BCUT2D eigenvalue weighted by Crippen LogP contribution is 2.15. The molecule has 1 unspecified atom stereocenters. The SMILES string of the molecule is CC/C=C\C/C=C\C/C=C\C/C=C\C/C=C\C/C=C\CCCCCCCCC(=O)OCC(COC(=O)CCCCCCCCC/C=C\CCCCCCCCC)OC(=O)CCCCCCCC/C=C\C/C=C\C/C=C\C/C=C\CC. The lowest BCUT2D eigenvalue weighted by atomic mass is 10.1. The molecule has 0 aromatic rings. The van der Waals surface area contributed by atoms with Crippen LogP contribution in [0.4, 0.5) is 0 Å². The molecule has 0 aromatic carbocycles. The van der Waals surface area contributed by atoms with E-state index in [9.17, 15) is 14.4 Å². The van der Waals surface area contributed by atoms with E-state index >= 15 is 0 Å². The van der Waals surface area contributed by atoms with E-state index in [-0.39, 0.29) is 31.1 Å². The Morgan fingerprint density at radius 1 is 0.263 bits per heavy atom. The number of rotatable bonds is 59. The van der Waals surface area contributed by atoms with E-state index in [4.69, 9.17) is 14.2 Å². The number of hydrogen-bond donors (Lipinski definition) is 0. The lowest BCUT2D eigenvalue weighted by Gasteiger charge is -2.18. The van der Waals surface area contributed by atoms with Crippen molar-refractivity contribution in [2.24, 2.45) is 0 Å². The normalized spacial score (nSPS) is 13.0. The third-order valence-electron chi connectivity index (χ3n) is 13.9. The molecule has 0 fully saturated rings. The molecular formula is C74H122O6. The number of unbranched alkanes of at least 4 members (excludes halogenated alkanes) is 26. The van der Waals surface area contributed by atoms with Gasteiger partial charge < -0.3 is 14.2 Å². The second kappa shape index (κ2) is 67.1. The maximum absolute atomic E-state index is 12.9. The van der Waals surface area contributed by atoms with Gasteiger partial charge in [-0.15, -0.1) is 0 Å². The van der Waals surface area contributed by atoms with Crippen LogP contribution in [-0.2, 0) is 28.6 Å². The van der Waals surface area contributed by atoms with E-state index < -0.39 is 6.10 Å². The molecule has 0 aromatic heterocycles. The van der Waals surface area contributed by atoms with Crippen LogP contribution < -0.4 is 0 Å².